The van der Waals surface area contributed by atoms with Crippen LogP contribution in [0.2, 0.25) is 0 Å². The summed E-state index contributed by atoms with van der Waals surface area (Å²) in [5, 5.41) is 2.09. The second-order valence-electron chi connectivity index (χ2n) is 2.31. The Morgan fingerprint density at radius 3 is 2.50 bits per heavy atom. The first-order valence-corrected chi connectivity index (χ1v) is 3.75. The number of nitrogens with one attached hydrogen (secondary N) is 1. The molecule has 0 aromatic rings. The molecule has 0 bridgehead atoms. The summed E-state index contributed by atoms with van der Waals surface area (Å²) in [7, 11) is 2.04. The van der Waals surface area contributed by atoms with Crippen LogP contribution in [0.15, 0.2) is 0 Å². The van der Waals surface area contributed by atoms with Gasteiger partial charge in [0.1, 0.15) is 0 Å². The summed E-state index contributed by atoms with van der Waals surface area (Å²) in [6.45, 7) is 2.18. The Morgan fingerprint density at radius 1 is 1.75 bits per heavy atom. The third-order valence-corrected chi connectivity index (χ3v) is 2.38. The third-order valence-electron chi connectivity index (χ3n) is 1.39. The number of hydrogen-bond acceptors (Lipinski definition) is 2. The molecule has 1 aliphatic rings. The van der Waals surface area contributed by atoms with Crippen molar-refractivity contribution >= 4 is 15.9 Å². The van der Waals surface area contributed by atoms with E-state index in [1.165, 1.54) is 6.42 Å². The number of alkyl halides is 1. The molecule has 0 saturated carbocycles. The van der Waals surface area contributed by atoms with Crippen LogP contribution in [0.3, 0.4) is 0 Å². The van der Waals surface area contributed by atoms with Crippen LogP contribution in [0.1, 0.15) is 13.3 Å². The first-order chi connectivity index (χ1) is 3.70. The van der Waals surface area contributed by atoms with E-state index in [1.807, 2.05) is 7.05 Å². The summed E-state index contributed by atoms with van der Waals surface area (Å²) in [6.07, 6.45) is 1.19. The molecule has 0 radical (unpaired) electrons. The van der Waals surface area contributed by atoms with Gasteiger partial charge in [0.05, 0.1) is 4.95 Å². The van der Waals surface area contributed by atoms with Gasteiger partial charge in [-0.1, -0.05) is 15.9 Å². The van der Waals surface area contributed by atoms with Crippen molar-refractivity contribution in [3.05, 3.63) is 0 Å². The van der Waals surface area contributed by atoms with Crippen molar-refractivity contribution in [2.45, 2.75) is 24.3 Å². The predicted molar refractivity (Wildman–Crippen MR) is 37.7 cm³/mol. The van der Waals surface area contributed by atoms with E-state index in [0.717, 1.165) is 0 Å². The van der Waals surface area contributed by atoms with Crippen LogP contribution < -0.4 is 5.43 Å². The summed E-state index contributed by atoms with van der Waals surface area (Å²) in [4.78, 5) is 0.525. The van der Waals surface area contributed by atoms with Crippen LogP contribution >= 0.6 is 15.9 Å². The van der Waals surface area contributed by atoms with Gasteiger partial charge in [-0.05, 0) is 13.3 Å². The predicted octanol–water partition coefficient (Wildman–Crippen LogP) is 0.936. The minimum atomic E-state index is 0.525. The van der Waals surface area contributed by atoms with Crippen molar-refractivity contribution in [3.63, 3.8) is 0 Å². The van der Waals surface area contributed by atoms with Crippen molar-refractivity contribution in [1.82, 2.24) is 10.4 Å². The molecule has 1 heterocycles. The number of hydrogen-bond donors (Lipinski definition) is 1. The molecule has 3 heteroatoms. The smallest absolute Gasteiger partial charge is 0.0805 e. The van der Waals surface area contributed by atoms with Crippen molar-refractivity contribution in [2.24, 2.45) is 0 Å². The lowest BCUT2D eigenvalue weighted by Crippen LogP contribution is -2.32. The van der Waals surface area contributed by atoms with Gasteiger partial charge in [-0.25, -0.2) is 5.01 Å². The fraction of sp³-hybridized carbons (Fsp3) is 1.00. The van der Waals surface area contributed by atoms with Crippen LogP contribution in [0.25, 0.3) is 0 Å². The molecule has 8 heavy (non-hydrogen) atoms. The van der Waals surface area contributed by atoms with E-state index in [4.69, 9.17) is 0 Å². The number of rotatable bonds is 0. The van der Waals surface area contributed by atoms with Crippen molar-refractivity contribution in [1.29, 1.82) is 0 Å². The van der Waals surface area contributed by atoms with Crippen LogP contribution in [0.5, 0.6) is 0 Å². The molecule has 1 saturated heterocycles. The summed E-state index contributed by atoms with van der Waals surface area (Å²) in [5.74, 6) is 0. The van der Waals surface area contributed by atoms with E-state index in [9.17, 15) is 0 Å². The first kappa shape index (κ1) is 6.52. The van der Waals surface area contributed by atoms with Crippen LogP contribution in [-0.2, 0) is 0 Å². The van der Waals surface area contributed by atoms with Crippen molar-refractivity contribution in [2.75, 3.05) is 7.05 Å². The Bertz CT molecular complexity index is 76.5. The van der Waals surface area contributed by atoms with E-state index in [2.05, 4.69) is 33.3 Å². The zero-order chi connectivity index (χ0) is 6.15. The molecule has 0 aromatic heterocycles. The second kappa shape index (κ2) is 2.33. The van der Waals surface area contributed by atoms with Crippen molar-refractivity contribution in [3.8, 4) is 0 Å². The lowest BCUT2D eigenvalue weighted by atomic mass is 10.3. The van der Waals surface area contributed by atoms with Gasteiger partial charge >= 0.3 is 0 Å². The van der Waals surface area contributed by atoms with Gasteiger partial charge < -0.3 is 0 Å². The summed E-state index contributed by atoms with van der Waals surface area (Å²) < 4.78 is 0. The van der Waals surface area contributed by atoms with Crippen LogP contribution in [0.4, 0.5) is 0 Å². The Morgan fingerprint density at radius 2 is 2.38 bits per heavy atom. The van der Waals surface area contributed by atoms with E-state index < -0.39 is 0 Å². The number of nitrogens with zero attached hydrogens (tertiary/aromatic N) is 1. The highest BCUT2D eigenvalue weighted by molar-refractivity contribution is 9.09. The lowest BCUT2D eigenvalue weighted by Gasteiger charge is -2.11. The highest BCUT2D eigenvalue weighted by atomic mass is 79.9. The molecule has 48 valence electrons. The van der Waals surface area contributed by atoms with Crippen LogP contribution in [0, 0.1) is 0 Å². The zero-order valence-corrected chi connectivity index (χ0v) is 6.77. The molecule has 2 atom stereocenters. The van der Waals surface area contributed by atoms with Gasteiger partial charge in [0, 0.05) is 13.1 Å². The minimum Gasteiger partial charge on any atom is -0.252 e. The van der Waals surface area contributed by atoms with Gasteiger partial charge in [-0.3, -0.25) is 5.43 Å². The monoisotopic (exact) mass is 178 g/mol. The fourth-order valence-electron chi connectivity index (χ4n) is 0.931. The second-order valence-corrected chi connectivity index (χ2v) is 3.37. The normalized spacial score (nSPS) is 40.9. The Balaban J connectivity index is 2.39. The average molecular weight is 179 g/mol. The van der Waals surface area contributed by atoms with E-state index in [-0.39, 0.29) is 0 Å². The van der Waals surface area contributed by atoms with E-state index in [1.54, 1.807) is 0 Å². The fourth-order valence-corrected chi connectivity index (χ4v) is 1.61. The average Bonchev–Trinajstić information content (AvgIpc) is 1.85. The molecular weight excluding hydrogens is 168 g/mol. The maximum atomic E-state index is 3.51. The summed E-state index contributed by atoms with van der Waals surface area (Å²) >= 11 is 3.51. The molecule has 0 amide bonds. The Hall–Kier alpha value is 0.400. The number of halogens is 1. The van der Waals surface area contributed by atoms with Crippen molar-refractivity contribution < 1.29 is 0 Å². The van der Waals surface area contributed by atoms with Gasteiger partial charge in [-0.15, -0.1) is 0 Å². The zero-order valence-electron chi connectivity index (χ0n) is 5.19. The third kappa shape index (κ3) is 1.21. The molecule has 2 unspecified atom stereocenters. The molecule has 1 aliphatic heterocycles. The number of hydrazine groups is 1. The SMILES string of the molecule is CC1CC(Br)N(C)N1. The molecular formula is C5H11BrN2. The van der Waals surface area contributed by atoms with E-state index in [0.29, 0.717) is 11.0 Å². The van der Waals surface area contributed by atoms with Crippen LogP contribution in [-0.4, -0.2) is 23.0 Å². The van der Waals surface area contributed by atoms with Gasteiger partial charge in [-0.2, -0.15) is 0 Å². The van der Waals surface area contributed by atoms with Gasteiger partial charge in [0.2, 0.25) is 0 Å². The standard InChI is InChI=1S/C5H11BrN2/c1-4-3-5(6)8(2)7-4/h4-5,7H,3H2,1-2H3. The molecule has 2 nitrogen and oxygen atoms in total. The first-order valence-electron chi connectivity index (χ1n) is 2.83. The van der Waals surface area contributed by atoms with E-state index >= 15 is 0 Å². The largest absolute Gasteiger partial charge is 0.252 e. The molecule has 0 aromatic carbocycles. The summed E-state index contributed by atoms with van der Waals surface area (Å²) in [6, 6.07) is 0.629. The Kier molecular flexibility index (Phi) is 1.90. The quantitative estimate of drug-likeness (QED) is 0.439. The molecule has 0 spiro atoms. The molecule has 1 rings (SSSR count). The lowest BCUT2D eigenvalue weighted by molar-refractivity contribution is 0.283. The highest BCUT2D eigenvalue weighted by Crippen LogP contribution is 2.16. The summed E-state index contributed by atoms with van der Waals surface area (Å²) in [5.41, 5.74) is 3.25. The topological polar surface area (TPSA) is 15.3 Å². The van der Waals surface area contributed by atoms with Gasteiger partial charge in [0.25, 0.3) is 0 Å². The maximum Gasteiger partial charge on any atom is 0.0805 e. The molecule has 0 aliphatic carbocycles. The molecule has 1 fully saturated rings. The molecule has 1 N–H and O–H groups in total. The Labute approximate surface area is 58.3 Å². The maximum absolute atomic E-state index is 3.51. The minimum absolute atomic E-state index is 0.525. The van der Waals surface area contributed by atoms with Gasteiger partial charge in [0.15, 0.2) is 0 Å². The highest BCUT2D eigenvalue weighted by Gasteiger charge is 2.22.